The first-order chi connectivity index (χ1) is 9.65. The van der Waals surface area contributed by atoms with Crippen molar-refractivity contribution < 1.29 is 4.92 Å². The van der Waals surface area contributed by atoms with Crippen molar-refractivity contribution in [1.29, 1.82) is 10.5 Å². The molecule has 0 aromatic heterocycles. The Morgan fingerprint density at radius 2 is 2.00 bits per heavy atom. The van der Waals surface area contributed by atoms with Crippen LogP contribution in [0.15, 0.2) is 18.2 Å². The van der Waals surface area contributed by atoms with E-state index >= 15 is 0 Å². The highest BCUT2D eigenvalue weighted by atomic mass is 16.6. The molecule has 104 valence electrons. The van der Waals surface area contributed by atoms with E-state index in [-0.39, 0.29) is 24.5 Å². The van der Waals surface area contributed by atoms with Crippen molar-refractivity contribution in [2.45, 2.75) is 13.3 Å². The van der Waals surface area contributed by atoms with Gasteiger partial charge in [0.1, 0.15) is 24.5 Å². The number of hydrogen-bond donors (Lipinski definition) is 1. The van der Waals surface area contributed by atoms with Crippen LogP contribution >= 0.6 is 0 Å². The zero-order chi connectivity index (χ0) is 15.0. The summed E-state index contributed by atoms with van der Waals surface area (Å²) in [4.78, 5) is 12.2. The average molecular weight is 273 g/mol. The molecule has 20 heavy (non-hydrogen) atoms. The van der Waals surface area contributed by atoms with Crippen molar-refractivity contribution in [2.75, 3.05) is 29.9 Å². The highest BCUT2D eigenvalue weighted by molar-refractivity contribution is 5.77. The number of nitro groups is 1. The van der Waals surface area contributed by atoms with Crippen LogP contribution in [0.5, 0.6) is 0 Å². The van der Waals surface area contributed by atoms with Crippen LogP contribution in [-0.2, 0) is 0 Å². The number of nitro benzene ring substituents is 1. The van der Waals surface area contributed by atoms with Crippen molar-refractivity contribution in [1.82, 2.24) is 0 Å². The molecule has 0 aliphatic heterocycles. The quantitative estimate of drug-likeness (QED) is 0.464. The summed E-state index contributed by atoms with van der Waals surface area (Å²) in [6.45, 7) is 2.42. The molecule has 7 nitrogen and oxygen atoms in total. The van der Waals surface area contributed by atoms with Crippen LogP contribution < -0.4 is 10.2 Å². The molecule has 7 heteroatoms. The lowest BCUT2D eigenvalue weighted by Crippen LogP contribution is -2.25. The lowest BCUT2D eigenvalue weighted by Gasteiger charge is -2.19. The number of hydrogen-bond acceptors (Lipinski definition) is 6. The van der Waals surface area contributed by atoms with Crippen molar-refractivity contribution in [3.63, 3.8) is 0 Å². The highest BCUT2D eigenvalue weighted by Crippen LogP contribution is 2.35. The van der Waals surface area contributed by atoms with E-state index in [9.17, 15) is 10.1 Å². The van der Waals surface area contributed by atoms with Gasteiger partial charge in [-0.15, -0.1) is 0 Å². The molecule has 0 atom stereocenters. The Labute approximate surface area is 117 Å². The molecule has 0 amide bonds. The van der Waals surface area contributed by atoms with E-state index in [1.807, 2.05) is 19.1 Å². The van der Waals surface area contributed by atoms with Gasteiger partial charge < -0.3 is 10.2 Å². The van der Waals surface area contributed by atoms with E-state index in [1.165, 1.54) is 4.90 Å². The van der Waals surface area contributed by atoms with E-state index < -0.39 is 4.92 Å². The minimum atomic E-state index is -0.491. The molecule has 1 aromatic rings. The summed E-state index contributed by atoms with van der Waals surface area (Å²) < 4.78 is 0. The summed E-state index contributed by atoms with van der Waals surface area (Å²) in [6, 6.07) is 8.66. The molecular weight excluding hydrogens is 258 g/mol. The summed E-state index contributed by atoms with van der Waals surface area (Å²) in [5.74, 6) is 0. The number of nitriles is 2. The van der Waals surface area contributed by atoms with Crippen molar-refractivity contribution >= 4 is 17.1 Å². The Kier molecular flexibility index (Phi) is 5.79. The van der Waals surface area contributed by atoms with Gasteiger partial charge in [0.05, 0.1) is 17.1 Å². The van der Waals surface area contributed by atoms with Gasteiger partial charge in [-0.3, -0.25) is 10.1 Å². The second kappa shape index (κ2) is 7.59. The summed E-state index contributed by atoms with van der Waals surface area (Å²) in [6.07, 6.45) is 0.835. The Hall–Kier alpha value is -2.80. The molecule has 0 spiro atoms. The van der Waals surface area contributed by atoms with Gasteiger partial charge in [-0.1, -0.05) is 13.0 Å². The Bertz CT molecular complexity index is 543. The Morgan fingerprint density at radius 1 is 1.35 bits per heavy atom. The fraction of sp³-hybridized carbons (Fsp3) is 0.385. The molecule has 0 heterocycles. The smallest absolute Gasteiger partial charge is 0.315 e. The highest BCUT2D eigenvalue weighted by Gasteiger charge is 2.23. The van der Waals surface area contributed by atoms with Gasteiger partial charge in [0.2, 0.25) is 0 Å². The molecule has 1 N–H and O–H groups in total. The molecule has 0 radical (unpaired) electrons. The average Bonchev–Trinajstić information content (AvgIpc) is 2.44. The van der Waals surface area contributed by atoms with E-state index in [4.69, 9.17) is 10.5 Å². The predicted molar refractivity (Wildman–Crippen MR) is 75.3 cm³/mol. The molecular formula is C13H15N5O2. The zero-order valence-corrected chi connectivity index (χ0v) is 11.2. The van der Waals surface area contributed by atoms with Gasteiger partial charge in [-0.25, -0.2) is 0 Å². The van der Waals surface area contributed by atoms with Gasteiger partial charge in [0, 0.05) is 6.54 Å². The normalized spacial score (nSPS) is 9.35. The number of para-hydroxylation sites is 1. The lowest BCUT2D eigenvalue weighted by molar-refractivity contribution is -0.383. The zero-order valence-electron chi connectivity index (χ0n) is 11.2. The van der Waals surface area contributed by atoms with Gasteiger partial charge in [-0.05, 0) is 18.6 Å². The topological polar surface area (TPSA) is 106 Å². The monoisotopic (exact) mass is 273 g/mol. The first-order valence-electron chi connectivity index (χ1n) is 6.15. The summed E-state index contributed by atoms with van der Waals surface area (Å²) in [7, 11) is 0. The third kappa shape index (κ3) is 3.59. The molecule has 0 aliphatic rings. The number of nitrogens with zero attached hydrogens (tertiary/aromatic N) is 4. The molecule has 1 rings (SSSR count). The lowest BCUT2D eigenvalue weighted by atomic mass is 10.2. The number of benzene rings is 1. The van der Waals surface area contributed by atoms with Gasteiger partial charge in [0.25, 0.3) is 0 Å². The minimum absolute atomic E-state index is 0.0777. The predicted octanol–water partition coefficient (Wildman–Crippen LogP) is 2.27. The molecule has 0 aliphatic carbocycles. The summed E-state index contributed by atoms with van der Waals surface area (Å²) in [5, 5.41) is 31.8. The van der Waals surface area contributed by atoms with Crippen LogP contribution in [0, 0.1) is 32.8 Å². The van der Waals surface area contributed by atoms with Gasteiger partial charge in [-0.2, -0.15) is 10.5 Å². The Morgan fingerprint density at radius 3 is 2.50 bits per heavy atom. The summed E-state index contributed by atoms with van der Waals surface area (Å²) >= 11 is 0. The molecule has 0 bridgehead atoms. The van der Waals surface area contributed by atoms with Crippen LogP contribution in [-0.4, -0.2) is 24.6 Å². The van der Waals surface area contributed by atoms with Crippen LogP contribution in [0.25, 0.3) is 0 Å². The van der Waals surface area contributed by atoms with E-state index in [0.29, 0.717) is 12.2 Å². The maximum absolute atomic E-state index is 11.3. The molecule has 0 fully saturated rings. The molecule has 0 unspecified atom stereocenters. The van der Waals surface area contributed by atoms with Crippen molar-refractivity contribution in [3.8, 4) is 12.1 Å². The summed E-state index contributed by atoms with van der Waals surface area (Å²) in [5.41, 5.74) is 0.570. The molecule has 0 saturated carbocycles. The fourth-order valence-corrected chi connectivity index (χ4v) is 1.78. The minimum Gasteiger partial charge on any atom is -0.379 e. The van der Waals surface area contributed by atoms with E-state index in [1.54, 1.807) is 18.2 Å². The Balaban J connectivity index is 3.27. The van der Waals surface area contributed by atoms with Crippen LogP contribution in [0.2, 0.25) is 0 Å². The molecule has 0 saturated heterocycles. The van der Waals surface area contributed by atoms with Gasteiger partial charge in [0.15, 0.2) is 0 Å². The van der Waals surface area contributed by atoms with Crippen LogP contribution in [0.1, 0.15) is 13.3 Å². The maximum atomic E-state index is 11.3. The maximum Gasteiger partial charge on any atom is 0.315 e. The third-order valence-electron chi connectivity index (χ3n) is 2.63. The van der Waals surface area contributed by atoms with Crippen molar-refractivity contribution in [2.24, 2.45) is 0 Å². The number of nitrogens with one attached hydrogen (secondary N) is 1. The van der Waals surface area contributed by atoms with E-state index in [2.05, 4.69) is 5.32 Å². The first kappa shape index (κ1) is 15.3. The number of rotatable bonds is 7. The standard InChI is InChI=1S/C13H15N5O2/c1-2-8-16-11-4-3-5-12(13(11)18(19)20)17(9-6-14)10-7-15/h3-5,16H,2,8-10H2,1H3. The van der Waals surface area contributed by atoms with Crippen LogP contribution in [0.4, 0.5) is 17.1 Å². The third-order valence-corrected chi connectivity index (χ3v) is 2.63. The first-order valence-corrected chi connectivity index (χ1v) is 6.15. The van der Waals surface area contributed by atoms with Gasteiger partial charge >= 0.3 is 5.69 Å². The second-order valence-corrected chi connectivity index (χ2v) is 4.03. The fourth-order valence-electron chi connectivity index (χ4n) is 1.78. The number of anilines is 2. The van der Waals surface area contributed by atoms with Crippen molar-refractivity contribution in [3.05, 3.63) is 28.3 Å². The van der Waals surface area contributed by atoms with E-state index in [0.717, 1.165) is 6.42 Å². The SMILES string of the molecule is CCCNc1cccc(N(CC#N)CC#N)c1[N+](=O)[O-]. The van der Waals surface area contributed by atoms with Crippen LogP contribution in [0.3, 0.4) is 0 Å². The molecule has 1 aromatic carbocycles. The second-order valence-electron chi connectivity index (χ2n) is 4.03. The largest absolute Gasteiger partial charge is 0.379 e.